The highest BCUT2D eigenvalue weighted by Gasteiger charge is 2.11. The van der Waals surface area contributed by atoms with Crippen molar-refractivity contribution in [3.05, 3.63) is 41.2 Å². The third kappa shape index (κ3) is 4.10. The zero-order chi connectivity index (χ0) is 14.8. The van der Waals surface area contributed by atoms with Crippen molar-refractivity contribution >= 4 is 28.9 Å². The fourth-order valence-electron chi connectivity index (χ4n) is 1.75. The number of benzene rings is 1. The molecule has 0 aliphatic rings. The molecule has 2 N–H and O–H groups in total. The van der Waals surface area contributed by atoms with Gasteiger partial charge in [0.2, 0.25) is 0 Å². The molecule has 0 saturated heterocycles. The normalized spacial score (nSPS) is 11.2. The van der Waals surface area contributed by atoms with Gasteiger partial charge in [0, 0.05) is 22.3 Å². The van der Waals surface area contributed by atoms with Crippen LogP contribution in [-0.4, -0.2) is 15.5 Å². The molecule has 0 saturated carbocycles. The van der Waals surface area contributed by atoms with Crippen molar-refractivity contribution in [2.45, 2.75) is 33.2 Å². The van der Waals surface area contributed by atoms with Crippen molar-refractivity contribution in [3.8, 4) is 0 Å². The minimum atomic E-state index is -0.0441. The Bertz CT molecular complexity index is 605. The Morgan fingerprint density at radius 3 is 2.45 bits per heavy atom. The number of aryl methyl sites for hydroxylation is 1. The molecule has 0 fully saturated rings. The van der Waals surface area contributed by atoms with Gasteiger partial charge in [-0.2, -0.15) is 0 Å². The van der Waals surface area contributed by atoms with E-state index in [9.17, 15) is 0 Å². The van der Waals surface area contributed by atoms with Crippen molar-refractivity contribution in [3.63, 3.8) is 0 Å². The maximum Gasteiger partial charge on any atom is 0.135 e. The lowest BCUT2D eigenvalue weighted by Gasteiger charge is -2.21. The minimum Gasteiger partial charge on any atom is -0.365 e. The summed E-state index contributed by atoms with van der Waals surface area (Å²) in [6, 6.07) is 7.61. The van der Waals surface area contributed by atoms with Crippen molar-refractivity contribution in [2.24, 2.45) is 0 Å². The van der Waals surface area contributed by atoms with Crippen LogP contribution in [0.1, 0.15) is 26.3 Å². The quantitative estimate of drug-likeness (QED) is 0.880. The van der Waals surface area contributed by atoms with Crippen molar-refractivity contribution in [1.82, 2.24) is 9.97 Å². The van der Waals surface area contributed by atoms with E-state index in [0.29, 0.717) is 5.02 Å². The third-order valence-corrected chi connectivity index (χ3v) is 2.87. The van der Waals surface area contributed by atoms with Crippen molar-refractivity contribution in [2.75, 3.05) is 10.6 Å². The van der Waals surface area contributed by atoms with Gasteiger partial charge in [-0.3, -0.25) is 0 Å². The third-order valence-electron chi connectivity index (χ3n) is 2.63. The molecule has 20 heavy (non-hydrogen) atoms. The summed E-state index contributed by atoms with van der Waals surface area (Å²) < 4.78 is 0. The lowest BCUT2D eigenvalue weighted by molar-refractivity contribution is 0.630. The number of hydrogen-bond donors (Lipinski definition) is 2. The maximum absolute atomic E-state index is 6.02. The minimum absolute atomic E-state index is 0.0441. The number of aromatic nitrogens is 2. The second-order valence-corrected chi connectivity index (χ2v) is 6.18. The molecule has 0 aliphatic carbocycles. The molecular formula is C15H19ClN4. The van der Waals surface area contributed by atoms with Gasteiger partial charge >= 0.3 is 0 Å². The summed E-state index contributed by atoms with van der Waals surface area (Å²) in [5.74, 6) is 1.52. The molecule has 0 unspecified atom stereocenters. The van der Waals surface area contributed by atoms with E-state index in [1.807, 2.05) is 31.2 Å². The van der Waals surface area contributed by atoms with Gasteiger partial charge in [-0.25, -0.2) is 9.97 Å². The number of nitrogens with one attached hydrogen (secondary N) is 2. The van der Waals surface area contributed by atoms with Crippen LogP contribution in [0, 0.1) is 6.92 Å². The first-order valence-corrected chi connectivity index (χ1v) is 6.85. The summed E-state index contributed by atoms with van der Waals surface area (Å²) in [7, 11) is 0. The molecule has 1 heterocycles. The lowest BCUT2D eigenvalue weighted by Crippen LogP contribution is -2.26. The van der Waals surface area contributed by atoms with Gasteiger partial charge in [0.25, 0.3) is 0 Å². The van der Waals surface area contributed by atoms with Crippen LogP contribution in [0.15, 0.2) is 30.6 Å². The van der Waals surface area contributed by atoms with E-state index < -0.39 is 0 Å². The smallest absolute Gasteiger partial charge is 0.135 e. The van der Waals surface area contributed by atoms with Crippen LogP contribution in [0.2, 0.25) is 5.02 Å². The van der Waals surface area contributed by atoms with E-state index in [4.69, 9.17) is 11.6 Å². The monoisotopic (exact) mass is 290 g/mol. The molecule has 2 aromatic rings. The summed E-state index contributed by atoms with van der Waals surface area (Å²) in [4.78, 5) is 8.45. The van der Waals surface area contributed by atoms with E-state index in [0.717, 1.165) is 22.9 Å². The van der Waals surface area contributed by atoms with Crippen LogP contribution in [-0.2, 0) is 0 Å². The Kier molecular flexibility index (Phi) is 4.14. The van der Waals surface area contributed by atoms with Gasteiger partial charge in [-0.15, -0.1) is 0 Å². The van der Waals surface area contributed by atoms with Crippen LogP contribution in [0.3, 0.4) is 0 Å². The lowest BCUT2D eigenvalue weighted by atomic mass is 10.1. The molecule has 0 bridgehead atoms. The standard InChI is InChI=1S/C15H19ClN4/c1-10-5-6-11(16)7-12(10)19-13-8-14(18-9-17-13)20-15(2,3)4/h5-9H,1-4H3,(H2,17,18,19,20). The molecule has 106 valence electrons. The second kappa shape index (κ2) is 5.67. The highest BCUT2D eigenvalue weighted by atomic mass is 35.5. The fourth-order valence-corrected chi connectivity index (χ4v) is 1.92. The van der Waals surface area contributed by atoms with E-state index in [2.05, 4.69) is 41.4 Å². The topological polar surface area (TPSA) is 49.8 Å². The fraction of sp³-hybridized carbons (Fsp3) is 0.333. The maximum atomic E-state index is 6.02. The average molecular weight is 291 g/mol. The summed E-state index contributed by atoms with van der Waals surface area (Å²) in [5, 5.41) is 7.27. The van der Waals surface area contributed by atoms with Crippen LogP contribution < -0.4 is 10.6 Å². The molecule has 1 aromatic carbocycles. The van der Waals surface area contributed by atoms with Gasteiger partial charge in [0.05, 0.1) is 0 Å². The number of hydrogen-bond acceptors (Lipinski definition) is 4. The number of rotatable bonds is 3. The Hall–Kier alpha value is -1.81. The molecule has 0 radical (unpaired) electrons. The van der Waals surface area contributed by atoms with Crippen LogP contribution in [0.25, 0.3) is 0 Å². The summed E-state index contributed by atoms with van der Waals surface area (Å²) in [5.41, 5.74) is 2.01. The Balaban J connectivity index is 2.21. The molecule has 5 heteroatoms. The Labute approximate surface area is 124 Å². The Morgan fingerprint density at radius 2 is 1.75 bits per heavy atom. The summed E-state index contributed by atoms with van der Waals surface area (Å²) in [6.07, 6.45) is 1.54. The average Bonchev–Trinajstić information content (AvgIpc) is 2.32. The predicted octanol–water partition coefficient (Wildman–Crippen LogP) is 4.39. The van der Waals surface area contributed by atoms with Gasteiger partial charge in [0.1, 0.15) is 18.0 Å². The first-order valence-electron chi connectivity index (χ1n) is 6.47. The zero-order valence-electron chi connectivity index (χ0n) is 12.2. The SMILES string of the molecule is Cc1ccc(Cl)cc1Nc1cc(NC(C)(C)C)ncn1. The molecule has 0 amide bonds. The van der Waals surface area contributed by atoms with Crippen molar-refractivity contribution < 1.29 is 0 Å². The number of anilines is 3. The molecule has 0 atom stereocenters. The molecule has 0 aliphatic heterocycles. The van der Waals surface area contributed by atoms with E-state index >= 15 is 0 Å². The van der Waals surface area contributed by atoms with Crippen LogP contribution >= 0.6 is 11.6 Å². The first-order chi connectivity index (χ1) is 9.33. The predicted molar refractivity (Wildman–Crippen MR) is 84.9 cm³/mol. The van der Waals surface area contributed by atoms with Crippen LogP contribution in [0.4, 0.5) is 17.3 Å². The van der Waals surface area contributed by atoms with Gasteiger partial charge in [-0.05, 0) is 45.4 Å². The zero-order valence-corrected chi connectivity index (χ0v) is 12.9. The molecule has 2 rings (SSSR count). The molecule has 0 spiro atoms. The molecular weight excluding hydrogens is 272 g/mol. The number of halogens is 1. The summed E-state index contributed by atoms with van der Waals surface area (Å²) in [6.45, 7) is 8.28. The highest BCUT2D eigenvalue weighted by Crippen LogP contribution is 2.24. The van der Waals surface area contributed by atoms with Crippen LogP contribution in [0.5, 0.6) is 0 Å². The largest absolute Gasteiger partial charge is 0.365 e. The van der Waals surface area contributed by atoms with Gasteiger partial charge in [-0.1, -0.05) is 17.7 Å². The Morgan fingerprint density at radius 1 is 1.05 bits per heavy atom. The van der Waals surface area contributed by atoms with E-state index in [1.54, 1.807) is 0 Å². The molecule has 1 aromatic heterocycles. The highest BCUT2D eigenvalue weighted by molar-refractivity contribution is 6.30. The second-order valence-electron chi connectivity index (χ2n) is 5.75. The molecule has 4 nitrogen and oxygen atoms in total. The number of nitrogens with zero attached hydrogens (tertiary/aromatic N) is 2. The first kappa shape index (κ1) is 14.6. The summed E-state index contributed by atoms with van der Waals surface area (Å²) >= 11 is 6.02. The van der Waals surface area contributed by atoms with Gasteiger partial charge < -0.3 is 10.6 Å². The van der Waals surface area contributed by atoms with E-state index in [1.165, 1.54) is 6.33 Å². The van der Waals surface area contributed by atoms with Crippen molar-refractivity contribution in [1.29, 1.82) is 0 Å². The van der Waals surface area contributed by atoms with E-state index in [-0.39, 0.29) is 5.54 Å². The van der Waals surface area contributed by atoms with Gasteiger partial charge in [0.15, 0.2) is 0 Å².